The number of ether oxygens (including phenoxy) is 1. The standard InChI is InChI=1S/C25H36O4/c1-2-3-4-5-6-7-8-9-10-11-12-13-14-15-16-17-24(26)29-23-20-18-22(19-21-23)25(27)28/h6-7,9-10,18-21H,2-5,8,11-17H2,1H3,(H,27,28)/b7-6+,10-9+. The Morgan fingerprint density at radius 1 is 0.828 bits per heavy atom. The Morgan fingerprint density at radius 3 is 2.03 bits per heavy atom. The zero-order valence-electron chi connectivity index (χ0n) is 17.8. The van der Waals surface area contributed by atoms with Crippen LogP contribution in [0, 0.1) is 0 Å². The number of hydrogen-bond acceptors (Lipinski definition) is 3. The lowest BCUT2D eigenvalue weighted by atomic mass is 10.1. The third-order valence-corrected chi connectivity index (χ3v) is 4.66. The van der Waals surface area contributed by atoms with Gasteiger partial charge in [0.1, 0.15) is 5.75 Å². The van der Waals surface area contributed by atoms with E-state index >= 15 is 0 Å². The molecule has 0 aromatic heterocycles. The summed E-state index contributed by atoms with van der Waals surface area (Å²) in [6.45, 7) is 2.23. The molecule has 0 heterocycles. The molecule has 1 aromatic carbocycles. The number of unbranched alkanes of at least 4 members (excludes halogenated alkanes) is 8. The maximum absolute atomic E-state index is 11.8. The summed E-state index contributed by atoms with van der Waals surface area (Å²) in [6, 6.07) is 5.89. The minimum atomic E-state index is -0.993. The highest BCUT2D eigenvalue weighted by Gasteiger charge is 2.06. The molecule has 4 heteroatoms. The molecular formula is C25H36O4. The summed E-state index contributed by atoms with van der Waals surface area (Å²) in [5.74, 6) is -0.866. The van der Waals surface area contributed by atoms with Crippen LogP contribution in [0.25, 0.3) is 0 Å². The predicted octanol–water partition coefficient (Wildman–Crippen LogP) is 7.10. The Balaban J connectivity index is 1.96. The average Bonchev–Trinajstić information content (AvgIpc) is 2.71. The lowest BCUT2D eigenvalue weighted by Gasteiger charge is -2.04. The van der Waals surface area contributed by atoms with Gasteiger partial charge in [0, 0.05) is 6.42 Å². The molecule has 0 radical (unpaired) electrons. The number of aromatic carboxylic acids is 1. The van der Waals surface area contributed by atoms with Crippen LogP contribution in [0.4, 0.5) is 0 Å². The molecule has 4 nitrogen and oxygen atoms in total. The van der Waals surface area contributed by atoms with Gasteiger partial charge < -0.3 is 9.84 Å². The van der Waals surface area contributed by atoms with Crippen LogP contribution in [0.5, 0.6) is 5.75 Å². The number of carbonyl (C=O) groups is 2. The smallest absolute Gasteiger partial charge is 0.335 e. The Bertz CT molecular complexity index is 629. The van der Waals surface area contributed by atoms with Crippen molar-refractivity contribution in [2.45, 2.75) is 84.0 Å². The van der Waals surface area contributed by atoms with Crippen molar-refractivity contribution in [3.63, 3.8) is 0 Å². The quantitative estimate of drug-likeness (QED) is 0.139. The van der Waals surface area contributed by atoms with Crippen molar-refractivity contribution in [3.8, 4) is 5.75 Å². The monoisotopic (exact) mass is 400 g/mol. The molecule has 0 aliphatic carbocycles. The van der Waals surface area contributed by atoms with Gasteiger partial charge in [0.25, 0.3) is 0 Å². The van der Waals surface area contributed by atoms with E-state index in [2.05, 4.69) is 31.2 Å². The molecule has 1 N–H and O–H groups in total. The van der Waals surface area contributed by atoms with Gasteiger partial charge >= 0.3 is 11.9 Å². The number of rotatable bonds is 16. The zero-order valence-corrected chi connectivity index (χ0v) is 17.8. The SMILES string of the molecule is CCCCC/C=C/C/C=C/CCCCCCCC(=O)Oc1ccc(C(=O)O)cc1. The second-order valence-corrected chi connectivity index (χ2v) is 7.28. The molecule has 160 valence electrons. The second-order valence-electron chi connectivity index (χ2n) is 7.28. The maximum atomic E-state index is 11.8. The van der Waals surface area contributed by atoms with Gasteiger partial charge in [-0.05, 0) is 62.8 Å². The molecular weight excluding hydrogens is 364 g/mol. The van der Waals surface area contributed by atoms with E-state index < -0.39 is 5.97 Å². The van der Waals surface area contributed by atoms with Crippen molar-refractivity contribution in [3.05, 3.63) is 54.1 Å². The third-order valence-electron chi connectivity index (χ3n) is 4.66. The molecule has 0 unspecified atom stereocenters. The number of carboxylic acid groups (broad SMARTS) is 1. The fourth-order valence-electron chi connectivity index (χ4n) is 2.93. The molecule has 0 atom stereocenters. The maximum Gasteiger partial charge on any atom is 0.335 e. The van der Waals surface area contributed by atoms with Gasteiger partial charge in [0.15, 0.2) is 0 Å². The van der Waals surface area contributed by atoms with Crippen LogP contribution in [-0.2, 0) is 4.79 Å². The van der Waals surface area contributed by atoms with Crippen LogP contribution in [0.3, 0.4) is 0 Å². The van der Waals surface area contributed by atoms with E-state index in [0.717, 1.165) is 32.1 Å². The van der Waals surface area contributed by atoms with Gasteiger partial charge in [-0.15, -0.1) is 0 Å². The molecule has 0 aliphatic heterocycles. The van der Waals surface area contributed by atoms with Crippen LogP contribution in [0.15, 0.2) is 48.6 Å². The summed E-state index contributed by atoms with van der Waals surface area (Å²) >= 11 is 0. The average molecular weight is 401 g/mol. The molecule has 1 rings (SSSR count). The molecule has 0 spiro atoms. The van der Waals surface area contributed by atoms with E-state index in [1.807, 2.05) is 0 Å². The van der Waals surface area contributed by atoms with Gasteiger partial charge in [0.05, 0.1) is 5.56 Å². The summed E-state index contributed by atoms with van der Waals surface area (Å²) in [5, 5.41) is 8.85. The van der Waals surface area contributed by atoms with E-state index in [1.165, 1.54) is 62.8 Å². The number of benzene rings is 1. The predicted molar refractivity (Wildman–Crippen MR) is 118 cm³/mol. The second kappa shape index (κ2) is 16.6. The number of hydrogen-bond donors (Lipinski definition) is 1. The van der Waals surface area contributed by atoms with Gasteiger partial charge in [-0.25, -0.2) is 4.79 Å². The van der Waals surface area contributed by atoms with Gasteiger partial charge in [-0.3, -0.25) is 4.79 Å². The van der Waals surface area contributed by atoms with Crippen LogP contribution in [0.2, 0.25) is 0 Å². The molecule has 1 aromatic rings. The van der Waals surface area contributed by atoms with Gasteiger partial charge in [0.2, 0.25) is 0 Å². The number of carboxylic acids is 1. The Labute approximate surface area is 175 Å². The van der Waals surface area contributed by atoms with Crippen LogP contribution >= 0.6 is 0 Å². The highest BCUT2D eigenvalue weighted by Crippen LogP contribution is 2.14. The number of carbonyl (C=O) groups excluding carboxylic acids is 1. The Kier molecular flexibility index (Phi) is 14.1. The Hall–Kier alpha value is -2.36. The van der Waals surface area contributed by atoms with Crippen LogP contribution in [-0.4, -0.2) is 17.0 Å². The normalized spacial score (nSPS) is 11.3. The molecule has 0 saturated carbocycles. The summed E-state index contributed by atoms with van der Waals surface area (Å²) < 4.78 is 5.22. The summed E-state index contributed by atoms with van der Waals surface area (Å²) in [4.78, 5) is 22.6. The number of esters is 1. The van der Waals surface area contributed by atoms with Crippen molar-refractivity contribution in [2.75, 3.05) is 0 Å². The topological polar surface area (TPSA) is 63.6 Å². The van der Waals surface area contributed by atoms with E-state index in [4.69, 9.17) is 9.84 Å². The van der Waals surface area contributed by atoms with Crippen molar-refractivity contribution >= 4 is 11.9 Å². The third kappa shape index (κ3) is 13.4. The first-order valence-electron chi connectivity index (χ1n) is 11.0. The molecule has 0 fully saturated rings. The van der Waals surface area contributed by atoms with Crippen molar-refractivity contribution < 1.29 is 19.4 Å². The van der Waals surface area contributed by atoms with Crippen molar-refractivity contribution in [1.29, 1.82) is 0 Å². The molecule has 29 heavy (non-hydrogen) atoms. The van der Waals surface area contributed by atoms with E-state index in [1.54, 1.807) is 0 Å². The minimum absolute atomic E-state index is 0.179. The molecule has 0 aliphatic rings. The Morgan fingerprint density at radius 2 is 1.41 bits per heavy atom. The van der Waals surface area contributed by atoms with E-state index in [9.17, 15) is 9.59 Å². The lowest BCUT2D eigenvalue weighted by Crippen LogP contribution is -2.07. The van der Waals surface area contributed by atoms with Crippen molar-refractivity contribution in [1.82, 2.24) is 0 Å². The summed E-state index contributed by atoms with van der Waals surface area (Å²) in [7, 11) is 0. The van der Waals surface area contributed by atoms with E-state index in [0.29, 0.717) is 12.2 Å². The van der Waals surface area contributed by atoms with Gasteiger partial charge in [-0.1, -0.05) is 63.3 Å². The zero-order chi connectivity index (χ0) is 21.2. The number of allylic oxidation sites excluding steroid dienone is 4. The van der Waals surface area contributed by atoms with Crippen LogP contribution in [0.1, 0.15) is 94.3 Å². The first-order valence-corrected chi connectivity index (χ1v) is 11.0. The lowest BCUT2D eigenvalue weighted by molar-refractivity contribution is -0.134. The fraction of sp³-hybridized carbons (Fsp3) is 0.520. The molecule has 0 saturated heterocycles. The molecule has 0 bridgehead atoms. The first-order chi connectivity index (χ1) is 14.1. The fourth-order valence-corrected chi connectivity index (χ4v) is 2.93. The molecule has 0 amide bonds. The highest BCUT2D eigenvalue weighted by molar-refractivity contribution is 5.87. The highest BCUT2D eigenvalue weighted by atomic mass is 16.5. The first kappa shape index (κ1) is 24.7. The van der Waals surface area contributed by atoms with Crippen molar-refractivity contribution in [2.24, 2.45) is 0 Å². The summed E-state index contributed by atoms with van der Waals surface area (Å²) in [5.41, 5.74) is 0.179. The minimum Gasteiger partial charge on any atom is -0.478 e. The van der Waals surface area contributed by atoms with Crippen LogP contribution < -0.4 is 4.74 Å². The summed E-state index contributed by atoms with van der Waals surface area (Å²) in [6.07, 6.45) is 22.1. The van der Waals surface area contributed by atoms with E-state index in [-0.39, 0.29) is 11.5 Å². The van der Waals surface area contributed by atoms with Gasteiger partial charge in [-0.2, -0.15) is 0 Å². The largest absolute Gasteiger partial charge is 0.478 e.